The van der Waals surface area contributed by atoms with Crippen molar-refractivity contribution in [3.8, 4) is 11.8 Å². The lowest BCUT2D eigenvalue weighted by molar-refractivity contribution is 0.210. The first kappa shape index (κ1) is 11.5. The summed E-state index contributed by atoms with van der Waals surface area (Å²) in [5, 5.41) is 8.81. The van der Waals surface area contributed by atoms with Gasteiger partial charge in [-0.3, -0.25) is 0 Å². The highest BCUT2D eigenvalue weighted by atomic mass is 127. The number of anilines is 1. The summed E-state index contributed by atoms with van der Waals surface area (Å²) in [5.41, 5.74) is 7.04. The number of nitrogen functional groups attached to an aromatic ring is 1. The normalized spacial score (nSPS) is 16.0. The number of hydrogen-bond acceptors (Lipinski definition) is 3. The van der Waals surface area contributed by atoms with Crippen molar-refractivity contribution in [3.63, 3.8) is 0 Å². The van der Waals surface area contributed by atoms with E-state index in [0.717, 1.165) is 22.2 Å². The third kappa shape index (κ3) is 2.40. The molecule has 0 amide bonds. The molecule has 0 aliphatic heterocycles. The Kier molecular flexibility index (Phi) is 3.54. The highest BCUT2D eigenvalue weighted by Gasteiger charge is 2.19. The molecule has 2 N–H and O–H groups in total. The Morgan fingerprint density at radius 1 is 1.38 bits per heavy atom. The number of halogens is 1. The molecule has 0 unspecified atom stereocenters. The molecule has 2 rings (SSSR count). The predicted octanol–water partition coefficient (Wildman–Crippen LogP) is 3.07. The average molecular weight is 328 g/mol. The van der Waals surface area contributed by atoms with Crippen molar-refractivity contribution in [3.05, 3.63) is 21.3 Å². The topological polar surface area (TPSA) is 59.0 Å². The van der Waals surface area contributed by atoms with Gasteiger partial charge in [-0.15, -0.1) is 0 Å². The SMILES string of the molecule is N#Cc1cc(N)c(OC2CCCC2)c(I)c1. The van der Waals surface area contributed by atoms with Gasteiger partial charge in [-0.05, 0) is 60.4 Å². The largest absolute Gasteiger partial charge is 0.487 e. The standard InChI is InChI=1S/C12H13IN2O/c13-10-5-8(7-14)6-11(15)12(10)16-9-3-1-2-4-9/h5-6,9H,1-4,15H2. The smallest absolute Gasteiger partial charge is 0.155 e. The highest BCUT2D eigenvalue weighted by Crippen LogP contribution is 2.33. The molecule has 0 saturated heterocycles. The number of hydrogen-bond donors (Lipinski definition) is 1. The lowest BCUT2D eigenvalue weighted by Gasteiger charge is -2.16. The van der Waals surface area contributed by atoms with Gasteiger partial charge in [0.1, 0.15) is 0 Å². The first-order chi connectivity index (χ1) is 7.70. The molecule has 0 spiro atoms. The van der Waals surface area contributed by atoms with E-state index >= 15 is 0 Å². The Bertz CT molecular complexity index is 410. The van der Waals surface area contributed by atoms with Gasteiger partial charge in [-0.2, -0.15) is 5.26 Å². The third-order valence-electron chi connectivity index (χ3n) is 2.79. The molecular weight excluding hydrogens is 315 g/mol. The molecule has 16 heavy (non-hydrogen) atoms. The zero-order chi connectivity index (χ0) is 11.5. The minimum Gasteiger partial charge on any atom is -0.487 e. The van der Waals surface area contributed by atoms with Crippen LogP contribution in [0.1, 0.15) is 31.2 Å². The molecule has 0 heterocycles. The van der Waals surface area contributed by atoms with Crippen LogP contribution < -0.4 is 10.5 Å². The van der Waals surface area contributed by atoms with E-state index < -0.39 is 0 Å². The van der Waals surface area contributed by atoms with Crippen LogP contribution in [0.4, 0.5) is 5.69 Å². The predicted molar refractivity (Wildman–Crippen MR) is 71.2 cm³/mol. The number of ether oxygens (including phenoxy) is 1. The summed E-state index contributed by atoms with van der Waals surface area (Å²) in [4.78, 5) is 0. The number of nitrogens with two attached hydrogens (primary N) is 1. The molecule has 1 aromatic carbocycles. The quantitative estimate of drug-likeness (QED) is 0.670. The minimum absolute atomic E-state index is 0.295. The van der Waals surface area contributed by atoms with E-state index in [1.807, 2.05) is 0 Å². The monoisotopic (exact) mass is 328 g/mol. The van der Waals surface area contributed by atoms with Gasteiger partial charge in [0.25, 0.3) is 0 Å². The summed E-state index contributed by atoms with van der Waals surface area (Å²) in [6.45, 7) is 0. The van der Waals surface area contributed by atoms with Gasteiger partial charge in [0.2, 0.25) is 0 Å². The Morgan fingerprint density at radius 3 is 2.62 bits per heavy atom. The fourth-order valence-electron chi connectivity index (χ4n) is 1.98. The lowest BCUT2D eigenvalue weighted by atomic mass is 10.2. The van der Waals surface area contributed by atoms with E-state index in [4.69, 9.17) is 15.7 Å². The van der Waals surface area contributed by atoms with Crippen molar-refractivity contribution in [2.24, 2.45) is 0 Å². The Labute approximate surface area is 109 Å². The molecule has 84 valence electrons. The van der Waals surface area contributed by atoms with E-state index in [-0.39, 0.29) is 0 Å². The number of benzene rings is 1. The van der Waals surface area contributed by atoms with Crippen LogP contribution in [0, 0.1) is 14.9 Å². The third-order valence-corrected chi connectivity index (χ3v) is 3.59. The van der Waals surface area contributed by atoms with Crippen LogP contribution >= 0.6 is 22.6 Å². The molecule has 0 aromatic heterocycles. The van der Waals surface area contributed by atoms with Crippen LogP contribution in [0.25, 0.3) is 0 Å². The van der Waals surface area contributed by atoms with Crippen molar-refractivity contribution in [1.82, 2.24) is 0 Å². The van der Waals surface area contributed by atoms with Crippen LogP contribution in [-0.4, -0.2) is 6.10 Å². The molecule has 1 aromatic rings. The van der Waals surface area contributed by atoms with Gasteiger partial charge in [-0.25, -0.2) is 0 Å². The minimum atomic E-state index is 0.295. The highest BCUT2D eigenvalue weighted by molar-refractivity contribution is 14.1. The summed E-state index contributed by atoms with van der Waals surface area (Å²) in [6, 6.07) is 5.57. The number of nitriles is 1. The van der Waals surface area contributed by atoms with Gasteiger partial charge in [0, 0.05) is 0 Å². The molecular formula is C12H13IN2O. The Morgan fingerprint density at radius 2 is 2.06 bits per heavy atom. The second-order valence-corrected chi connectivity index (χ2v) is 5.17. The van der Waals surface area contributed by atoms with Crippen molar-refractivity contribution in [2.75, 3.05) is 5.73 Å². The van der Waals surface area contributed by atoms with Crippen LogP contribution in [0.15, 0.2) is 12.1 Å². The average Bonchev–Trinajstić information content (AvgIpc) is 2.75. The maximum Gasteiger partial charge on any atom is 0.155 e. The molecule has 1 aliphatic rings. The Hall–Kier alpha value is -0.960. The van der Waals surface area contributed by atoms with E-state index in [1.54, 1.807) is 12.1 Å². The molecule has 4 heteroatoms. The van der Waals surface area contributed by atoms with Crippen molar-refractivity contribution in [1.29, 1.82) is 5.26 Å². The van der Waals surface area contributed by atoms with Gasteiger partial charge >= 0.3 is 0 Å². The molecule has 1 fully saturated rings. The molecule has 1 saturated carbocycles. The maximum absolute atomic E-state index is 8.81. The number of nitrogens with zero attached hydrogens (tertiary/aromatic N) is 1. The molecule has 0 bridgehead atoms. The zero-order valence-corrected chi connectivity index (χ0v) is 11.0. The lowest BCUT2D eigenvalue weighted by Crippen LogP contribution is -2.13. The van der Waals surface area contributed by atoms with E-state index in [1.165, 1.54) is 12.8 Å². The van der Waals surface area contributed by atoms with Crippen molar-refractivity contribution >= 4 is 28.3 Å². The summed E-state index contributed by atoms with van der Waals surface area (Å²) in [7, 11) is 0. The molecule has 3 nitrogen and oxygen atoms in total. The van der Waals surface area contributed by atoms with E-state index in [2.05, 4.69) is 28.7 Å². The van der Waals surface area contributed by atoms with Crippen molar-refractivity contribution in [2.45, 2.75) is 31.8 Å². The summed E-state index contributed by atoms with van der Waals surface area (Å²) in [5.74, 6) is 0.742. The Balaban J connectivity index is 2.23. The van der Waals surface area contributed by atoms with Gasteiger partial charge in [-0.1, -0.05) is 0 Å². The summed E-state index contributed by atoms with van der Waals surface area (Å²) in [6.07, 6.45) is 4.98. The molecule has 0 radical (unpaired) electrons. The second-order valence-electron chi connectivity index (χ2n) is 4.01. The molecule has 1 aliphatic carbocycles. The van der Waals surface area contributed by atoms with E-state index in [9.17, 15) is 0 Å². The van der Waals surface area contributed by atoms with Crippen LogP contribution in [-0.2, 0) is 0 Å². The van der Waals surface area contributed by atoms with Gasteiger partial charge < -0.3 is 10.5 Å². The summed E-state index contributed by atoms with van der Waals surface area (Å²) >= 11 is 2.17. The fourth-order valence-corrected chi connectivity index (χ4v) is 2.75. The van der Waals surface area contributed by atoms with Crippen molar-refractivity contribution < 1.29 is 4.74 Å². The van der Waals surface area contributed by atoms with Crippen LogP contribution in [0.2, 0.25) is 0 Å². The van der Waals surface area contributed by atoms with Crippen LogP contribution in [0.3, 0.4) is 0 Å². The van der Waals surface area contributed by atoms with E-state index in [0.29, 0.717) is 17.4 Å². The fraction of sp³-hybridized carbons (Fsp3) is 0.417. The second kappa shape index (κ2) is 4.91. The van der Waals surface area contributed by atoms with Crippen LogP contribution in [0.5, 0.6) is 5.75 Å². The maximum atomic E-state index is 8.81. The first-order valence-corrected chi connectivity index (χ1v) is 6.44. The summed E-state index contributed by atoms with van der Waals surface area (Å²) < 4.78 is 6.81. The first-order valence-electron chi connectivity index (χ1n) is 5.36. The van der Waals surface area contributed by atoms with Gasteiger partial charge in [0.15, 0.2) is 5.75 Å². The number of rotatable bonds is 2. The zero-order valence-electron chi connectivity index (χ0n) is 8.87. The van der Waals surface area contributed by atoms with Gasteiger partial charge in [0.05, 0.1) is 27.0 Å². The molecule has 0 atom stereocenters.